The molecule has 0 spiro atoms. The summed E-state index contributed by atoms with van der Waals surface area (Å²) < 4.78 is 12.0. The minimum atomic E-state index is -1.79. The molecule has 3 heteroatoms. The van der Waals surface area contributed by atoms with Gasteiger partial charge in [-0.15, -0.1) is 0 Å². The lowest BCUT2D eigenvalue weighted by molar-refractivity contribution is 0.359. The Hall–Kier alpha value is -1.22. The molecule has 0 N–H and O–H groups in total. The number of hydrogen-bond donors (Lipinski definition) is 0. The maximum absolute atomic E-state index is 6.39. The zero-order valence-corrected chi connectivity index (χ0v) is 15.2. The molecule has 21 heavy (non-hydrogen) atoms. The van der Waals surface area contributed by atoms with Crippen LogP contribution in [0.5, 0.6) is 5.75 Å². The molecule has 0 aromatic heterocycles. The molecule has 0 bridgehead atoms. The van der Waals surface area contributed by atoms with Crippen molar-refractivity contribution in [1.29, 1.82) is 0 Å². The Morgan fingerprint density at radius 3 is 2.29 bits per heavy atom. The molecule has 2 nitrogen and oxygen atoms in total. The van der Waals surface area contributed by atoms with E-state index in [9.17, 15) is 0 Å². The molecule has 0 heterocycles. The highest BCUT2D eigenvalue weighted by Gasteiger charge is 2.39. The monoisotopic (exact) mass is 304 g/mol. The van der Waals surface area contributed by atoms with Crippen molar-refractivity contribution in [1.82, 2.24) is 0 Å². The fraction of sp³-hybridized carbons (Fsp3) is 0.556. The van der Waals surface area contributed by atoms with Crippen LogP contribution in [0.2, 0.25) is 18.1 Å². The van der Waals surface area contributed by atoms with Gasteiger partial charge in [-0.3, -0.25) is 0 Å². The molecule has 1 aliphatic rings. The lowest BCUT2D eigenvalue weighted by Gasteiger charge is -2.36. The standard InChI is InChI=1S/C18H28O2Si/c1-18(2,3)21(5,6)20-16-12-8-11-15(13-16)17(19-4)14-9-7-10-14/h8,11-13H,7,9-10H2,1-6H3. The van der Waals surface area contributed by atoms with Gasteiger partial charge < -0.3 is 9.16 Å². The Balaban J connectivity index is 2.26. The van der Waals surface area contributed by atoms with E-state index in [0.29, 0.717) is 0 Å². The molecule has 2 rings (SSSR count). The number of benzene rings is 1. The van der Waals surface area contributed by atoms with Crippen LogP contribution >= 0.6 is 0 Å². The van der Waals surface area contributed by atoms with Crippen LogP contribution < -0.4 is 4.43 Å². The van der Waals surface area contributed by atoms with Crippen LogP contribution in [-0.4, -0.2) is 15.4 Å². The van der Waals surface area contributed by atoms with Gasteiger partial charge in [0.2, 0.25) is 8.32 Å². The highest BCUT2D eigenvalue weighted by molar-refractivity contribution is 6.74. The molecule has 0 unspecified atom stereocenters. The van der Waals surface area contributed by atoms with Gasteiger partial charge >= 0.3 is 0 Å². The van der Waals surface area contributed by atoms with Crippen LogP contribution in [0.15, 0.2) is 29.8 Å². The molecule has 1 aromatic rings. The molecule has 116 valence electrons. The maximum atomic E-state index is 6.39. The van der Waals surface area contributed by atoms with Crippen molar-refractivity contribution in [2.24, 2.45) is 0 Å². The molecule has 0 aliphatic heterocycles. The summed E-state index contributed by atoms with van der Waals surface area (Å²) in [6.45, 7) is 11.3. The zero-order valence-electron chi connectivity index (χ0n) is 14.2. The van der Waals surface area contributed by atoms with Crippen molar-refractivity contribution >= 4 is 14.1 Å². The number of methoxy groups -OCH3 is 1. The van der Waals surface area contributed by atoms with Crippen molar-refractivity contribution in [3.63, 3.8) is 0 Å². The van der Waals surface area contributed by atoms with E-state index in [2.05, 4.69) is 58.1 Å². The van der Waals surface area contributed by atoms with E-state index in [-0.39, 0.29) is 5.04 Å². The molecule has 0 saturated heterocycles. The fourth-order valence-electron chi connectivity index (χ4n) is 2.20. The third-order valence-electron chi connectivity index (χ3n) is 4.76. The Labute approximate surface area is 130 Å². The Kier molecular flexibility index (Phi) is 4.52. The lowest BCUT2D eigenvalue weighted by atomic mass is 9.89. The predicted molar refractivity (Wildman–Crippen MR) is 92.0 cm³/mol. The van der Waals surface area contributed by atoms with Crippen LogP contribution in [-0.2, 0) is 4.74 Å². The van der Waals surface area contributed by atoms with Gasteiger partial charge in [-0.1, -0.05) is 32.9 Å². The minimum Gasteiger partial charge on any atom is -0.543 e. The smallest absolute Gasteiger partial charge is 0.250 e. The SMILES string of the molecule is COC(=C1CCC1)c1cccc(O[Si](C)(C)C(C)(C)C)c1. The summed E-state index contributed by atoms with van der Waals surface area (Å²) >= 11 is 0. The summed E-state index contributed by atoms with van der Waals surface area (Å²) in [7, 11) is -0.0261. The lowest BCUT2D eigenvalue weighted by Crippen LogP contribution is -2.43. The van der Waals surface area contributed by atoms with Crippen molar-refractivity contribution in [3.8, 4) is 5.75 Å². The van der Waals surface area contributed by atoms with Gasteiger partial charge in [0.15, 0.2) is 0 Å². The molecular formula is C18H28O2Si. The molecule has 1 aromatic carbocycles. The number of allylic oxidation sites excluding steroid dienone is 1. The van der Waals surface area contributed by atoms with E-state index in [4.69, 9.17) is 9.16 Å². The Morgan fingerprint density at radius 1 is 1.14 bits per heavy atom. The molecular weight excluding hydrogens is 276 g/mol. The second-order valence-electron chi connectivity index (χ2n) is 7.38. The molecule has 1 saturated carbocycles. The zero-order chi connectivity index (χ0) is 15.7. The first kappa shape index (κ1) is 16.2. The van der Waals surface area contributed by atoms with Crippen molar-refractivity contribution in [2.75, 3.05) is 7.11 Å². The highest BCUT2D eigenvalue weighted by atomic mass is 28.4. The van der Waals surface area contributed by atoms with Crippen molar-refractivity contribution in [3.05, 3.63) is 35.4 Å². The van der Waals surface area contributed by atoms with Crippen LogP contribution in [0.4, 0.5) is 0 Å². The number of rotatable bonds is 4. The van der Waals surface area contributed by atoms with E-state index >= 15 is 0 Å². The van der Waals surface area contributed by atoms with E-state index < -0.39 is 8.32 Å². The minimum absolute atomic E-state index is 0.208. The van der Waals surface area contributed by atoms with Gasteiger partial charge in [-0.05, 0) is 55.1 Å². The third kappa shape index (κ3) is 3.51. The Bertz CT molecular complexity index is 532. The van der Waals surface area contributed by atoms with Crippen LogP contribution in [0.1, 0.15) is 45.6 Å². The molecule has 1 fully saturated rings. The largest absolute Gasteiger partial charge is 0.543 e. The summed E-state index contributed by atoms with van der Waals surface area (Å²) in [4.78, 5) is 0. The van der Waals surface area contributed by atoms with E-state index in [0.717, 1.165) is 29.9 Å². The van der Waals surface area contributed by atoms with Gasteiger partial charge in [0.25, 0.3) is 0 Å². The first-order valence-corrected chi connectivity index (χ1v) is 10.7. The van der Waals surface area contributed by atoms with E-state index in [1.807, 2.05) is 0 Å². The van der Waals surface area contributed by atoms with E-state index in [1.165, 1.54) is 12.0 Å². The maximum Gasteiger partial charge on any atom is 0.250 e. The van der Waals surface area contributed by atoms with Crippen LogP contribution in [0, 0.1) is 0 Å². The molecule has 0 amide bonds. The van der Waals surface area contributed by atoms with Gasteiger partial charge in [0, 0.05) is 5.56 Å². The summed E-state index contributed by atoms with van der Waals surface area (Å²) in [6.07, 6.45) is 3.61. The van der Waals surface area contributed by atoms with Crippen molar-refractivity contribution in [2.45, 2.75) is 58.2 Å². The van der Waals surface area contributed by atoms with E-state index in [1.54, 1.807) is 7.11 Å². The van der Waals surface area contributed by atoms with Gasteiger partial charge in [0.05, 0.1) is 7.11 Å². The summed E-state index contributed by atoms with van der Waals surface area (Å²) in [6, 6.07) is 8.37. The molecule has 1 aliphatic carbocycles. The third-order valence-corrected chi connectivity index (χ3v) is 9.12. The quantitative estimate of drug-likeness (QED) is 0.531. The van der Waals surface area contributed by atoms with Crippen LogP contribution in [0.3, 0.4) is 0 Å². The van der Waals surface area contributed by atoms with Gasteiger partial charge in [-0.25, -0.2) is 0 Å². The molecule has 0 radical (unpaired) electrons. The van der Waals surface area contributed by atoms with Gasteiger partial charge in [0.1, 0.15) is 11.5 Å². The van der Waals surface area contributed by atoms with Crippen LogP contribution in [0.25, 0.3) is 5.76 Å². The highest BCUT2D eigenvalue weighted by Crippen LogP contribution is 2.39. The summed E-state index contributed by atoms with van der Waals surface area (Å²) in [5.41, 5.74) is 2.57. The van der Waals surface area contributed by atoms with Gasteiger partial charge in [-0.2, -0.15) is 0 Å². The topological polar surface area (TPSA) is 18.5 Å². The average Bonchev–Trinajstić information content (AvgIpc) is 2.31. The summed E-state index contributed by atoms with van der Waals surface area (Å²) in [5, 5.41) is 0.208. The fourth-order valence-corrected chi connectivity index (χ4v) is 3.22. The first-order chi connectivity index (χ1) is 9.74. The second-order valence-corrected chi connectivity index (χ2v) is 12.1. The number of hydrogen-bond acceptors (Lipinski definition) is 2. The van der Waals surface area contributed by atoms with Crippen molar-refractivity contribution < 1.29 is 9.16 Å². The Morgan fingerprint density at radius 2 is 1.81 bits per heavy atom. The average molecular weight is 305 g/mol. The number of ether oxygens (including phenoxy) is 1. The summed E-state index contributed by atoms with van der Waals surface area (Å²) in [5.74, 6) is 2.01. The second kappa shape index (κ2) is 5.88. The first-order valence-electron chi connectivity index (χ1n) is 7.80. The normalized spacial score (nSPS) is 15.4. The molecule has 0 atom stereocenters. The predicted octanol–water partition coefficient (Wildman–Crippen LogP) is 5.61.